The molecule has 0 unspecified atom stereocenters. The third-order valence-corrected chi connectivity index (χ3v) is 11.6. The lowest BCUT2D eigenvalue weighted by Gasteiger charge is -2.35. The molecule has 156 valence electrons. The fraction of sp³-hybridized carbons (Fsp3) is 0.760. The highest BCUT2D eigenvalue weighted by Gasteiger charge is 2.41. The molecule has 0 N–H and O–H groups in total. The first kappa shape index (κ1) is 24.3. The van der Waals surface area contributed by atoms with E-state index in [0.29, 0.717) is 5.04 Å². The van der Waals surface area contributed by atoms with E-state index in [0.717, 1.165) is 5.76 Å². The average molecular weight is 391 g/mol. The van der Waals surface area contributed by atoms with Gasteiger partial charge in [0.05, 0.1) is 5.38 Å². The van der Waals surface area contributed by atoms with Gasteiger partial charge in [-0.05, 0) is 30.9 Å². The Morgan fingerprint density at radius 1 is 0.889 bits per heavy atom. The number of hydrogen-bond acceptors (Lipinski definition) is 1. The summed E-state index contributed by atoms with van der Waals surface area (Å²) in [5.74, 6) is 1.05. The molecule has 1 aromatic heterocycles. The first-order chi connectivity index (χ1) is 12.7. The maximum atomic E-state index is 6.17. The second-order valence-corrected chi connectivity index (χ2v) is 15.1. The van der Waals surface area contributed by atoms with Crippen LogP contribution in [0, 0.1) is 6.92 Å². The highest BCUT2D eigenvalue weighted by atomic mass is 28.3. The van der Waals surface area contributed by atoms with Crippen LogP contribution in [0.25, 0.3) is 6.08 Å². The number of rotatable bonds is 13. The van der Waals surface area contributed by atoms with Crippen LogP contribution in [0.4, 0.5) is 0 Å². The van der Waals surface area contributed by atoms with Gasteiger partial charge in [-0.3, -0.25) is 0 Å². The second kappa shape index (κ2) is 11.9. The van der Waals surface area contributed by atoms with Gasteiger partial charge in [-0.1, -0.05) is 111 Å². The van der Waals surface area contributed by atoms with Gasteiger partial charge >= 0.3 is 0 Å². The Balaban J connectivity index is 2.32. The second-order valence-electron chi connectivity index (χ2n) is 9.89. The molecule has 0 saturated heterocycles. The molecule has 0 fully saturated rings. The number of aryl methyl sites for hydroxylation is 1. The zero-order chi connectivity index (χ0) is 20.3. The van der Waals surface area contributed by atoms with Crippen molar-refractivity contribution >= 4 is 19.5 Å². The van der Waals surface area contributed by atoms with Crippen LogP contribution in [0.5, 0.6) is 0 Å². The van der Waals surface area contributed by atoms with Crippen LogP contribution in [0.15, 0.2) is 16.6 Å². The average Bonchev–Trinajstić information content (AvgIpc) is 2.96. The molecule has 0 spiro atoms. The number of unbranched alkanes of at least 4 members (excludes halogenated alkanes) is 10. The summed E-state index contributed by atoms with van der Waals surface area (Å²) in [5.41, 5.74) is 1.33. The van der Waals surface area contributed by atoms with E-state index < -0.39 is 8.07 Å². The number of allylic oxidation sites excluding steroid dienone is 1. The molecule has 0 aromatic carbocycles. The van der Waals surface area contributed by atoms with Crippen molar-refractivity contribution in [2.24, 2.45) is 0 Å². The van der Waals surface area contributed by atoms with Crippen molar-refractivity contribution in [1.82, 2.24) is 0 Å². The van der Waals surface area contributed by atoms with E-state index in [1.807, 2.05) is 0 Å². The lowest BCUT2D eigenvalue weighted by molar-refractivity contribution is 0.555. The molecule has 0 aliphatic heterocycles. The monoisotopic (exact) mass is 390 g/mol. The first-order valence-corrected chi connectivity index (χ1v) is 14.5. The predicted octanol–water partition coefficient (Wildman–Crippen LogP) is 8.63. The topological polar surface area (TPSA) is 13.1 Å². The summed E-state index contributed by atoms with van der Waals surface area (Å²) >= 11 is 0. The van der Waals surface area contributed by atoms with E-state index >= 15 is 0 Å². The quantitative estimate of drug-likeness (QED) is 0.242. The molecule has 1 heterocycles. The Hall–Kier alpha value is -0.763. The summed E-state index contributed by atoms with van der Waals surface area (Å²) < 4.78 is 6.17. The molecule has 1 nitrogen and oxygen atoms in total. The van der Waals surface area contributed by atoms with Crippen LogP contribution < -0.4 is 5.38 Å². The molecular formula is C25H46OSi. The van der Waals surface area contributed by atoms with E-state index in [9.17, 15) is 0 Å². The van der Waals surface area contributed by atoms with Gasteiger partial charge in [0.25, 0.3) is 0 Å². The Morgan fingerprint density at radius 2 is 1.41 bits per heavy atom. The zero-order valence-corrected chi connectivity index (χ0v) is 20.4. The maximum absolute atomic E-state index is 6.17. The fourth-order valence-corrected chi connectivity index (χ4v) is 5.42. The SMILES string of the molecule is CCCCCCCCCCCC/C=C/c1cc(C)oc1[Si](C)(C)C(C)(C)C. The van der Waals surface area contributed by atoms with Crippen LogP contribution in [0.3, 0.4) is 0 Å². The van der Waals surface area contributed by atoms with Crippen molar-refractivity contribution in [2.45, 2.75) is 123 Å². The lowest BCUT2D eigenvalue weighted by atomic mass is 10.1. The maximum Gasteiger partial charge on any atom is 0.132 e. The van der Waals surface area contributed by atoms with Gasteiger partial charge in [-0.2, -0.15) is 0 Å². The van der Waals surface area contributed by atoms with Gasteiger partial charge in [-0.25, -0.2) is 0 Å². The molecule has 0 aliphatic carbocycles. The van der Waals surface area contributed by atoms with Crippen molar-refractivity contribution in [3.63, 3.8) is 0 Å². The van der Waals surface area contributed by atoms with Crippen molar-refractivity contribution in [3.8, 4) is 0 Å². The summed E-state index contributed by atoms with van der Waals surface area (Å²) in [6, 6.07) is 2.23. The third-order valence-electron chi connectivity index (χ3n) is 6.35. The van der Waals surface area contributed by atoms with Crippen molar-refractivity contribution in [1.29, 1.82) is 0 Å². The predicted molar refractivity (Wildman–Crippen MR) is 126 cm³/mol. The largest absolute Gasteiger partial charge is 0.471 e. The van der Waals surface area contributed by atoms with Gasteiger partial charge < -0.3 is 4.42 Å². The van der Waals surface area contributed by atoms with Crippen LogP contribution in [0.1, 0.15) is 110 Å². The van der Waals surface area contributed by atoms with E-state index in [-0.39, 0.29) is 0 Å². The summed E-state index contributed by atoms with van der Waals surface area (Å²) in [6.07, 6.45) is 19.9. The molecule has 0 aliphatic rings. The number of furan rings is 1. The molecule has 0 bridgehead atoms. The minimum absolute atomic E-state index is 0.302. The molecule has 2 heteroatoms. The molecule has 0 saturated carbocycles. The Morgan fingerprint density at radius 3 is 1.93 bits per heavy atom. The Labute approximate surface area is 171 Å². The molecule has 1 aromatic rings. The number of hydrogen-bond donors (Lipinski definition) is 0. The van der Waals surface area contributed by atoms with Gasteiger partial charge in [0, 0.05) is 5.56 Å². The molecule has 27 heavy (non-hydrogen) atoms. The fourth-order valence-electron chi connectivity index (χ4n) is 3.45. The molecular weight excluding hydrogens is 344 g/mol. The van der Waals surface area contributed by atoms with Gasteiger partial charge in [0.15, 0.2) is 0 Å². The first-order valence-electron chi connectivity index (χ1n) is 11.5. The van der Waals surface area contributed by atoms with Gasteiger partial charge in [0.2, 0.25) is 0 Å². The summed E-state index contributed by atoms with van der Waals surface area (Å²) in [7, 11) is -1.63. The highest BCUT2D eigenvalue weighted by Crippen LogP contribution is 2.36. The van der Waals surface area contributed by atoms with Crippen molar-refractivity contribution < 1.29 is 4.42 Å². The normalized spacial score (nSPS) is 13.0. The van der Waals surface area contributed by atoms with Crippen molar-refractivity contribution in [3.05, 3.63) is 23.5 Å². The molecule has 0 atom stereocenters. The molecule has 0 amide bonds. The van der Waals surface area contributed by atoms with E-state index in [2.05, 4.69) is 65.9 Å². The minimum Gasteiger partial charge on any atom is -0.471 e. The molecule has 1 rings (SSSR count). The van der Waals surface area contributed by atoms with Crippen LogP contribution in [-0.2, 0) is 0 Å². The van der Waals surface area contributed by atoms with Crippen LogP contribution in [0.2, 0.25) is 18.1 Å². The third kappa shape index (κ3) is 8.42. The smallest absolute Gasteiger partial charge is 0.132 e. The van der Waals surface area contributed by atoms with E-state index in [4.69, 9.17) is 4.42 Å². The van der Waals surface area contributed by atoms with Gasteiger partial charge in [0.1, 0.15) is 13.8 Å². The Kier molecular flexibility index (Phi) is 10.7. The van der Waals surface area contributed by atoms with E-state index in [1.165, 1.54) is 81.6 Å². The van der Waals surface area contributed by atoms with Crippen molar-refractivity contribution in [2.75, 3.05) is 0 Å². The highest BCUT2D eigenvalue weighted by molar-refractivity contribution is 6.91. The standard InChI is InChI=1S/C25H46OSi/c1-8-9-10-11-12-13-14-15-16-17-18-19-20-23-21-22(2)26-24(23)27(6,7)25(3,4)5/h19-21H,8-18H2,1-7H3/b20-19+. The summed E-state index contributed by atoms with van der Waals surface area (Å²) in [5, 5.41) is 1.57. The van der Waals surface area contributed by atoms with E-state index in [1.54, 1.807) is 0 Å². The van der Waals surface area contributed by atoms with Crippen LogP contribution in [-0.4, -0.2) is 8.07 Å². The molecule has 0 radical (unpaired) electrons. The Bertz CT molecular complexity index is 545. The van der Waals surface area contributed by atoms with Crippen LogP contribution >= 0.6 is 0 Å². The summed E-state index contributed by atoms with van der Waals surface area (Å²) in [4.78, 5) is 0. The minimum atomic E-state index is -1.63. The van der Waals surface area contributed by atoms with Gasteiger partial charge in [-0.15, -0.1) is 0 Å². The summed E-state index contributed by atoms with van der Waals surface area (Å²) in [6.45, 7) is 16.3. The zero-order valence-electron chi connectivity index (χ0n) is 19.4. The lowest BCUT2D eigenvalue weighted by Crippen LogP contribution is -2.49.